The van der Waals surface area contributed by atoms with Gasteiger partial charge in [0.2, 0.25) is 10.9 Å². The molecule has 5 heteroatoms. The van der Waals surface area contributed by atoms with E-state index in [0.717, 1.165) is 19.3 Å². The standard InChI is InChI=1S/C19H28O4P/c1-14(2)10-13-24(21)19(11-5-6-12-19)18(20)17-15(22-3)8-7-9-16(17)23-4/h7-9,14H,5-6,10-13H2,1-4H3/q+1. The van der Waals surface area contributed by atoms with E-state index in [2.05, 4.69) is 13.8 Å². The fourth-order valence-electron chi connectivity index (χ4n) is 3.45. The van der Waals surface area contributed by atoms with Crippen molar-refractivity contribution in [2.45, 2.75) is 51.1 Å². The minimum absolute atomic E-state index is 0.0702. The third-order valence-corrected chi connectivity index (χ3v) is 7.16. The molecule has 0 radical (unpaired) electrons. The van der Waals surface area contributed by atoms with E-state index in [1.165, 1.54) is 0 Å². The largest absolute Gasteiger partial charge is 0.496 e. The molecule has 4 nitrogen and oxygen atoms in total. The average Bonchev–Trinajstić information content (AvgIpc) is 3.09. The van der Waals surface area contributed by atoms with E-state index in [4.69, 9.17) is 9.47 Å². The van der Waals surface area contributed by atoms with Crippen molar-refractivity contribution in [3.8, 4) is 11.5 Å². The highest BCUT2D eigenvalue weighted by Crippen LogP contribution is 2.54. The highest BCUT2D eigenvalue weighted by atomic mass is 31.1. The summed E-state index contributed by atoms with van der Waals surface area (Å²) in [4.78, 5) is 13.5. The van der Waals surface area contributed by atoms with Gasteiger partial charge in [-0.05, 0) is 37.3 Å². The lowest BCUT2D eigenvalue weighted by Crippen LogP contribution is -2.33. The van der Waals surface area contributed by atoms with Crippen LogP contribution in [0.5, 0.6) is 11.5 Å². The SMILES string of the molecule is COc1cccc(OC)c1C(=O)C1([P+](=O)CCC(C)C)CCCC1. The first-order valence-corrected chi connectivity index (χ1v) is 10.1. The maximum absolute atomic E-state index is 13.5. The van der Waals surface area contributed by atoms with Gasteiger partial charge in [0.05, 0.1) is 14.2 Å². The summed E-state index contributed by atoms with van der Waals surface area (Å²) < 4.78 is 23.9. The van der Waals surface area contributed by atoms with Gasteiger partial charge in [-0.25, -0.2) is 0 Å². The second-order valence-electron chi connectivity index (χ2n) is 6.89. The van der Waals surface area contributed by atoms with E-state index >= 15 is 0 Å². The second-order valence-corrected chi connectivity index (χ2v) is 8.95. The normalized spacial score (nSPS) is 17.0. The van der Waals surface area contributed by atoms with Crippen LogP contribution in [0, 0.1) is 5.92 Å². The van der Waals surface area contributed by atoms with Crippen molar-refractivity contribution in [1.29, 1.82) is 0 Å². The highest BCUT2D eigenvalue weighted by molar-refractivity contribution is 7.48. The summed E-state index contributed by atoms with van der Waals surface area (Å²) >= 11 is 0. The first-order valence-electron chi connectivity index (χ1n) is 8.67. The Morgan fingerprint density at radius 3 is 2.17 bits per heavy atom. The average molecular weight is 351 g/mol. The Hall–Kier alpha value is -1.41. The Morgan fingerprint density at radius 1 is 1.17 bits per heavy atom. The van der Waals surface area contributed by atoms with Crippen LogP contribution in [0.4, 0.5) is 0 Å². The molecule has 0 aliphatic heterocycles. The number of rotatable bonds is 8. The predicted molar refractivity (Wildman–Crippen MR) is 97.0 cm³/mol. The number of hydrogen-bond acceptors (Lipinski definition) is 4. The van der Waals surface area contributed by atoms with Crippen LogP contribution in [0.25, 0.3) is 0 Å². The Labute approximate surface area is 145 Å². The molecule has 0 N–H and O–H groups in total. The van der Waals surface area contributed by atoms with E-state index in [9.17, 15) is 9.36 Å². The number of Topliss-reactive ketones (excluding diaryl/α,β-unsaturated/α-hetero) is 1. The molecule has 1 saturated carbocycles. The molecule has 1 aromatic rings. The van der Waals surface area contributed by atoms with Crippen molar-refractivity contribution in [3.63, 3.8) is 0 Å². The number of carbonyl (C=O) groups excluding carboxylic acids is 1. The van der Waals surface area contributed by atoms with E-state index in [1.807, 2.05) is 0 Å². The lowest BCUT2D eigenvalue weighted by Gasteiger charge is -2.20. The molecule has 0 aromatic heterocycles. The predicted octanol–water partition coefficient (Wildman–Crippen LogP) is 5.07. The number of ether oxygens (including phenoxy) is 2. The monoisotopic (exact) mass is 351 g/mol. The zero-order chi connectivity index (χ0) is 17.7. The van der Waals surface area contributed by atoms with Gasteiger partial charge in [0, 0.05) is 12.8 Å². The smallest absolute Gasteiger partial charge is 0.353 e. The van der Waals surface area contributed by atoms with Gasteiger partial charge >= 0.3 is 7.80 Å². The topological polar surface area (TPSA) is 52.6 Å². The molecular weight excluding hydrogens is 323 g/mol. The minimum Gasteiger partial charge on any atom is -0.496 e. The molecule has 24 heavy (non-hydrogen) atoms. The van der Waals surface area contributed by atoms with Gasteiger partial charge in [-0.15, -0.1) is 0 Å². The van der Waals surface area contributed by atoms with Crippen molar-refractivity contribution in [2.24, 2.45) is 5.92 Å². The second kappa shape index (κ2) is 8.11. The molecule has 1 unspecified atom stereocenters. The third kappa shape index (κ3) is 3.64. The summed E-state index contributed by atoms with van der Waals surface area (Å²) in [6.07, 6.45) is 4.78. The Bertz CT molecular complexity index is 581. The molecule has 0 bridgehead atoms. The maximum Gasteiger partial charge on any atom is 0.353 e. The third-order valence-electron chi connectivity index (χ3n) is 4.90. The summed E-state index contributed by atoms with van der Waals surface area (Å²) in [6.45, 7) is 4.24. The van der Waals surface area contributed by atoms with E-state index in [-0.39, 0.29) is 5.78 Å². The first-order chi connectivity index (χ1) is 11.5. The zero-order valence-corrected chi connectivity index (χ0v) is 16.0. The fraction of sp³-hybridized carbons (Fsp3) is 0.632. The van der Waals surface area contributed by atoms with Gasteiger partial charge in [-0.1, -0.05) is 24.5 Å². The lowest BCUT2D eigenvalue weighted by molar-refractivity contribution is 0.0934. The van der Waals surface area contributed by atoms with E-state index in [1.54, 1.807) is 32.4 Å². The van der Waals surface area contributed by atoms with E-state index < -0.39 is 13.0 Å². The van der Waals surface area contributed by atoms with Crippen molar-refractivity contribution < 1.29 is 18.8 Å². The first kappa shape index (κ1) is 18.9. The number of benzene rings is 1. The van der Waals surface area contributed by atoms with Gasteiger partial charge in [0.15, 0.2) is 0 Å². The molecular formula is C19H28O4P+. The van der Waals surface area contributed by atoms with E-state index in [0.29, 0.717) is 42.0 Å². The van der Waals surface area contributed by atoms with Gasteiger partial charge in [0.1, 0.15) is 23.2 Å². The zero-order valence-electron chi connectivity index (χ0n) is 15.1. The fourth-order valence-corrected chi connectivity index (χ4v) is 5.78. The summed E-state index contributed by atoms with van der Waals surface area (Å²) in [6, 6.07) is 5.33. The quantitative estimate of drug-likeness (QED) is 0.484. The molecule has 0 saturated heterocycles. The summed E-state index contributed by atoms with van der Waals surface area (Å²) in [5.41, 5.74) is 0.442. The van der Waals surface area contributed by atoms with Crippen molar-refractivity contribution in [1.82, 2.24) is 0 Å². The molecule has 1 fully saturated rings. The minimum atomic E-state index is -1.61. The molecule has 0 amide bonds. The van der Waals surface area contributed by atoms with Gasteiger partial charge in [-0.3, -0.25) is 4.79 Å². The summed E-state index contributed by atoms with van der Waals surface area (Å²) in [7, 11) is 1.49. The number of methoxy groups -OCH3 is 2. The molecule has 2 rings (SSSR count). The maximum atomic E-state index is 13.5. The van der Waals surface area contributed by atoms with Crippen LogP contribution in [0.3, 0.4) is 0 Å². The van der Waals surface area contributed by atoms with Crippen LogP contribution in [0.2, 0.25) is 0 Å². The number of carbonyl (C=O) groups is 1. The molecule has 1 aliphatic carbocycles. The van der Waals surface area contributed by atoms with Gasteiger partial charge < -0.3 is 9.47 Å². The summed E-state index contributed by atoms with van der Waals surface area (Å²) in [5, 5.41) is -0.758. The van der Waals surface area contributed by atoms with Crippen LogP contribution < -0.4 is 9.47 Å². The van der Waals surface area contributed by atoms with Crippen LogP contribution >= 0.6 is 7.80 Å². The Balaban J connectivity index is 2.42. The molecule has 1 aromatic carbocycles. The van der Waals surface area contributed by atoms with Crippen molar-refractivity contribution >= 4 is 13.6 Å². The lowest BCUT2D eigenvalue weighted by atomic mass is 9.93. The van der Waals surface area contributed by atoms with Crippen LogP contribution in [0.1, 0.15) is 56.3 Å². The van der Waals surface area contributed by atoms with Gasteiger partial charge in [0.25, 0.3) is 0 Å². The van der Waals surface area contributed by atoms with Crippen LogP contribution in [-0.4, -0.2) is 31.3 Å². The summed E-state index contributed by atoms with van der Waals surface area (Å²) in [5.74, 6) is 1.41. The van der Waals surface area contributed by atoms with Crippen LogP contribution in [-0.2, 0) is 4.57 Å². The number of hydrogen-bond donors (Lipinski definition) is 0. The molecule has 0 spiro atoms. The molecule has 1 aliphatic rings. The van der Waals surface area contributed by atoms with Gasteiger partial charge in [-0.2, -0.15) is 0 Å². The molecule has 132 valence electrons. The Morgan fingerprint density at radius 2 is 1.71 bits per heavy atom. The highest BCUT2D eigenvalue weighted by Gasteiger charge is 2.57. The molecule has 0 heterocycles. The van der Waals surface area contributed by atoms with Crippen molar-refractivity contribution in [3.05, 3.63) is 23.8 Å². The number of ketones is 1. The van der Waals surface area contributed by atoms with Crippen LogP contribution in [0.15, 0.2) is 18.2 Å². The Kier molecular flexibility index (Phi) is 6.40. The van der Waals surface area contributed by atoms with Crippen molar-refractivity contribution in [2.75, 3.05) is 20.4 Å². The molecule has 1 atom stereocenters.